The first-order chi connectivity index (χ1) is 15.4. The molecule has 0 bridgehead atoms. The maximum Gasteiger partial charge on any atom is 0.330 e. The van der Waals surface area contributed by atoms with Crippen molar-refractivity contribution in [2.75, 3.05) is 23.0 Å². The molecule has 0 aromatic heterocycles. The van der Waals surface area contributed by atoms with Crippen LogP contribution >= 0.6 is 23.5 Å². The van der Waals surface area contributed by atoms with Gasteiger partial charge in [-0.05, 0) is 25.0 Å². The summed E-state index contributed by atoms with van der Waals surface area (Å²) in [7, 11) is 0. The number of esters is 1. The Morgan fingerprint density at radius 3 is 1.84 bits per heavy atom. The molecule has 0 rings (SSSR count). The SMILES string of the molecule is C=CC(=C)CC(CSCCC(=O)CCCC)C(CSCCC(=O)CCCC)OC(=O)C=C. The lowest BCUT2D eigenvalue weighted by Gasteiger charge is -2.27. The van der Waals surface area contributed by atoms with E-state index in [9.17, 15) is 14.4 Å². The van der Waals surface area contributed by atoms with Gasteiger partial charge in [0, 0.05) is 54.9 Å². The molecule has 0 spiro atoms. The smallest absolute Gasteiger partial charge is 0.330 e. The maximum absolute atomic E-state index is 12.0. The molecule has 0 saturated heterocycles. The fourth-order valence-electron chi connectivity index (χ4n) is 2.99. The van der Waals surface area contributed by atoms with Crippen molar-refractivity contribution in [3.05, 3.63) is 37.5 Å². The molecule has 2 unspecified atom stereocenters. The summed E-state index contributed by atoms with van der Waals surface area (Å²) in [5.74, 6) is 3.08. The maximum atomic E-state index is 12.0. The van der Waals surface area contributed by atoms with Gasteiger partial charge >= 0.3 is 5.97 Å². The monoisotopic (exact) mass is 482 g/mol. The van der Waals surface area contributed by atoms with Crippen molar-refractivity contribution in [2.45, 2.75) is 77.7 Å². The third kappa shape index (κ3) is 16.4. The average Bonchev–Trinajstić information content (AvgIpc) is 2.79. The highest BCUT2D eigenvalue weighted by Gasteiger charge is 2.25. The van der Waals surface area contributed by atoms with Gasteiger partial charge in [0.15, 0.2) is 0 Å². The summed E-state index contributed by atoms with van der Waals surface area (Å²) in [5.41, 5.74) is 0.897. The van der Waals surface area contributed by atoms with E-state index >= 15 is 0 Å². The Balaban J connectivity index is 4.87. The Morgan fingerprint density at radius 2 is 1.38 bits per heavy atom. The molecule has 0 aliphatic carbocycles. The minimum atomic E-state index is -0.441. The number of carbonyl (C=O) groups excluding carboxylic acids is 3. The quantitative estimate of drug-likeness (QED) is 0.0750. The van der Waals surface area contributed by atoms with Crippen molar-refractivity contribution in [2.24, 2.45) is 5.92 Å². The number of ketones is 2. The fraction of sp³-hybridized carbons (Fsp3) is 0.654. The lowest BCUT2D eigenvalue weighted by atomic mass is 9.97. The van der Waals surface area contributed by atoms with Crippen LogP contribution < -0.4 is 0 Å². The average molecular weight is 483 g/mol. The molecular formula is C26H42O4S2. The topological polar surface area (TPSA) is 60.4 Å². The number of rotatable bonds is 22. The molecular weight excluding hydrogens is 440 g/mol. The molecule has 0 aliphatic heterocycles. The number of hydrogen-bond donors (Lipinski definition) is 0. The van der Waals surface area contributed by atoms with E-state index in [1.165, 1.54) is 6.08 Å². The minimum absolute atomic E-state index is 0.0587. The number of hydrogen-bond acceptors (Lipinski definition) is 6. The van der Waals surface area contributed by atoms with Crippen molar-refractivity contribution < 1.29 is 19.1 Å². The molecule has 6 heteroatoms. The molecule has 0 heterocycles. The number of carbonyl (C=O) groups is 3. The van der Waals surface area contributed by atoms with Crippen LogP contribution in [0.2, 0.25) is 0 Å². The van der Waals surface area contributed by atoms with Gasteiger partial charge in [0.25, 0.3) is 0 Å². The third-order valence-corrected chi connectivity index (χ3v) is 7.27. The Labute approximate surface area is 204 Å². The lowest BCUT2D eigenvalue weighted by molar-refractivity contribution is -0.144. The summed E-state index contributed by atoms with van der Waals surface area (Å²) in [6, 6.07) is 0. The van der Waals surface area contributed by atoms with Gasteiger partial charge < -0.3 is 4.74 Å². The summed E-state index contributed by atoms with van der Waals surface area (Å²) in [6.45, 7) is 15.5. The largest absolute Gasteiger partial charge is 0.458 e. The molecule has 0 fully saturated rings. The van der Waals surface area contributed by atoms with Crippen molar-refractivity contribution >= 4 is 41.1 Å². The van der Waals surface area contributed by atoms with Gasteiger partial charge in [-0.2, -0.15) is 23.5 Å². The molecule has 0 aliphatic rings. The molecule has 0 N–H and O–H groups in total. The summed E-state index contributed by atoms with van der Waals surface area (Å²) >= 11 is 3.36. The first kappa shape index (κ1) is 30.7. The Hall–Kier alpha value is -1.27. The standard InChI is InChI=1S/C26H42O4S2/c1-6-10-12-23(27)14-16-31-19-22(18-21(5)8-3)25(30-26(29)9-4)20-32-17-15-24(28)13-11-7-2/h8-9,22,25H,3-7,10-20H2,1-2H3. The van der Waals surface area contributed by atoms with Crippen molar-refractivity contribution in [1.82, 2.24) is 0 Å². The number of Topliss-reactive ketones (excluding diaryl/α,β-unsaturated/α-hetero) is 2. The highest BCUT2D eigenvalue weighted by Crippen LogP contribution is 2.26. The van der Waals surface area contributed by atoms with Crippen molar-refractivity contribution in [3.8, 4) is 0 Å². The third-order valence-electron chi connectivity index (χ3n) is 5.06. The molecule has 0 amide bonds. The normalized spacial score (nSPS) is 12.6. The van der Waals surface area contributed by atoms with Crippen LogP contribution in [0.3, 0.4) is 0 Å². The number of thioether (sulfide) groups is 2. The second-order valence-electron chi connectivity index (χ2n) is 7.94. The van der Waals surface area contributed by atoms with Crippen molar-refractivity contribution in [3.63, 3.8) is 0 Å². The highest BCUT2D eigenvalue weighted by molar-refractivity contribution is 7.99. The van der Waals surface area contributed by atoms with Gasteiger partial charge in [0.05, 0.1) is 0 Å². The number of ether oxygens (including phenoxy) is 1. The van der Waals surface area contributed by atoms with Crippen LogP contribution in [0.1, 0.15) is 71.6 Å². The van der Waals surface area contributed by atoms with E-state index in [1.54, 1.807) is 29.6 Å². The lowest BCUT2D eigenvalue weighted by Crippen LogP contribution is -2.31. The molecule has 0 aromatic carbocycles. The van der Waals surface area contributed by atoms with Gasteiger partial charge in [-0.1, -0.05) is 58.1 Å². The van der Waals surface area contributed by atoms with Gasteiger partial charge in [-0.3, -0.25) is 9.59 Å². The van der Waals surface area contributed by atoms with Crippen LogP contribution in [0.5, 0.6) is 0 Å². The first-order valence-electron chi connectivity index (χ1n) is 11.7. The predicted molar refractivity (Wildman–Crippen MR) is 140 cm³/mol. The number of unbranched alkanes of at least 4 members (excludes halogenated alkanes) is 2. The summed E-state index contributed by atoms with van der Waals surface area (Å²) in [6.07, 6.45) is 9.64. The van der Waals surface area contributed by atoms with E-state index < -0.39 is 5.97 Å². The summed E-state index contributed by atoms with van der Waals surface area (Å²) in [5, 5.41) is 0. The minimum Gasteiger partial charge on any atom is -0.458 e. The first-order valence-corrected chi connectivity index (χ1v) is 14.0. The van der Waals surface area contributed by atoms with Crippen LogP contribution in [0, 0.1) is 5.92 Å². The van der Waals surface area contributed by atoms with E-state index in [-0.39, 0.29) is 12.0 Å². The Morgan fingerprint density at radius 1 is 0.844 bits per heavy atom. The zero-order valence-corrected chi connectivity index (χ0v) is 21.7. The predicted octanol–water partition coefficient (Wildman–Crippen LogP) is 6.60. The molecule has 0 saturated carbocycles. The second-order valence-corrected chi connectivity index (χ2v) is 10.2. The Kier molecular flexibility index (Phi) is 19.5. The molecule has 182 valence electrons. The molecule has 0 radical (unpaired) electrons. The van der Waals surface area contributed by atoms with Crippen LogP contribution in [0.4, 0.5) is 0 Å². The Bertz CT molecular complexity index is 549. The fourth-order valence-corrected chi connectivity index (χ4v) is 5.27. The van der Waals surface area contributed by atoms with Gasteiger partial charge in [-0.25, -0.2) is 4.79 Å². The van der Waals surface area contributed by atoms with Gasteiger partial charge in [-0.15, -0.1) is 0 Å². The zero-order chi connectivity index (χ0) is 24.2. The van der Waals surface area contributed by atoms with E-state index in [0.29, 0.717) is 49.4 Å². The number of allylic oxidation sites excluding steroid dienone is 2. The summed E-state index contributed by atoms with van der Waals surface area (Å²) < 4.78 is 5.69. The molecule has 4 nitrogen and oxygen atoms in total. The van der Waals surface area contributed by atoms with E-state index in [1.807, 2.05) is 0 Å². The highest BCUT2D eigenvalue weighted by atomic mass is 32.2. The molecule has 2 atom stereocenters. The van der Waals surface area contributed by atoms with Gasteiger partial charge in [0.2, 0.25) is 0 Å². The van der Waals surface area contributed by atoms with E-state index in [4.69, 9.17) is 4.74 Å². The van der Waals surface area contributed by atoms with E-state index in [2.05, 4.69) is 33.6 Å². The van der Waals surface area contributed by atoms with Crippen LogP contribution in [0.25, 0.3) is 0 Å². The van der Waals surface area contributed by atoms with Crippen LogP contribution in [-0.4, -0.2) is 46.7 Å². The zero-order valence-electron chi connectivity index (χ0n) is 20.1. The van der Waals surface area contributed by atoms with Crippen molar-refractivity contribution in [1.29, 1.82) is 0 Å². The van der Waals surface area contributed by atoms with Gasteiger partial charge in [0.1, 0.15) is 17.7 Å². The molecule has 0 aromatic rings. The molecule has 32 heavy (non-hydrogen) atoms. The van der Waals surface area contributed by atoms with E-state index in [0.717, 1.165) is 48.5 Å². The second kappa shape index (κ2) is 20.3. The summed E-state index contributed by atoms with van der Waals surface area (Å²) in [4.78, 5) is 35.8. The van der Waals surface area contributed by atoms with Crippen LogP contribution in [-0.2, 0) is 19.1 Å². The van der Waals surface area contributed by atoms with Crippen LogP contribution in [0.15, 0.2) is 37.5 Å².